The molecule has 3 heteroatoms. The van der Waals surface area contributed by atoms with Crippen molar-refractivity contribution in [2.45, 2.75) is 0 Å². The molecule has 0 aliphatic carbocycles. The quantitative estimate of drug-likeness (QED) is 0.230. The van der Waals surface area contributed by atoms with Crippen molar-refractivity contribution in [3.05, 3.63) is 140 Å². The maximum atomic E-state index is 6.57. The van der Waals surface area contributed by atoms with Gasteiger partial charge in [-0.15, -0.1) is 0 Å². The first-order valence-electron chi connectivity index (χ1n) is 13.9. The van der Waals surface area contributed by atoms with Gasteiger partial charge in [-0.3, -0.25) is 4.57 Å². The summed E-state index contributed by atoms with van der Waals surface area (Å²) in [5.41, 5.74) is 8.45. The summed E-state index contributed by atoms with van der Waals surface area (Å²) in [5.74, 6) is 0.559. The normalized spacial score (nSPS) is 11.9. The van der Waals surface area contributed by atoms with Gasteiger partial charge in [-0.25, -0.2) is 0 Å². The van der Waals surface area contributed by atoms with Crippen LogP contribution in [0.3, 0.4) is 0 Å². The third-order valence-electron chi connectivity index (χ3n) is 8.22. The summed E-state index contributed by atoms with van der Waals surface area (Å²) in [6, 6.07) is 49.2. The molecule has 0 radical (unpaired) electrons. The van der Waals surface area contributed by atoms with Gasteiger partial charge in [0.25, 0.3) is 0 Å². The first-order valence-corrected chi connectivity index (χ1v) is 13.9. The van der Waals surface area contributed by atoms with Crippen LogP contribution in [0, 0.1) is 0 Å². The van der Waals surface area contributed by atoms with Crippen LogP contribution in [0.1, 0.15) is 0 Å². The number of hydrogen-bond acceptors (Lipinski definition) is 2. The number of nitrogens with zero attached hydrogens (tertiary/aromatic N) is 1. The Morgan fingerprint density at radius 3 is 2.07 bits per heavy atom. The van der Waals surface area contributed by atoms with Crippen LogP contribution in [0.5, 0.6) is 0 Å². The molecule has 0 bridgehead atoms. The number of benzene rings is 6. The van der Waals surface area contributed by atoms with Gasteiger partial charge in [-0.1, -0.05) is 109 Å². The fourth-order valence-corrected chi connectivity index (χ4v) is 6.40. The molecule has 9 aromatic rings. The van der Waals surface area contributed by atoms with E-state index in [1.807, 2.05) is 12.1 Å². The van der Waals surface area contributed by atoms with Gasteiger partial charge in [0.15, 0.2) is 0 Å². The smallest absolute Gasteiger partial charge is 0.300 e. The van der Waals surface area contributed by atoms with Crippen LogP contribution in [0.25, 0.3) is 82.9 Å². The topological polar surface area (TPSA) is 31.2 Å². The Balaban J connectivity index is 1.40. The maximum absolute atomic E-state index is 6.57. The Morgan fingerprint density at radius 2 is 1.17 bits per heavy atom. The number of hydrogen-bond donors (Lipinski definition) is 0. The molecule has 0 atom stereocenters. The second kappa shape index (κ2) is 8.48. The first kappa shape index (κ1) is 22.3. The molecule has 3 heterocycles. The van der Waals surface area contributed by atoms with E-state index in [0.29, 0.717) is 5.78 Å². The molecule has 3 nitrogen and oxygen atoms in total. The Hall–Kier alpha value is -5.54. The van der Waals surface area contributed by atoms with Gasteiger partial charge in [0.2, 0.25) is 5.71 Å². The number of fused-ring (bicyclic) bond motifs is 8. The first-order chi connectivity index (χ1) is 20.3. The summed E-state index contributed by atoms with van der Waals surface area (Å²) in [6.07, 6.45) is 0. The van der Waals surface area contributed by atoms with Crippen LogP contribution in [0.2, 0.25) is 0 Å². The zero-order chi connectivity index (χ0) is 26.9. The third-order valence-corrected chi connectivity index (χ3v) is 8.22. The largest absolute Gasteiger partial charge is 0.425 e. The van der Waals surface area contributed by atoms with Crippen LogP contribution >= 0.6 is 0 Å². The predicted molar refractivity (Wildman–Crippen MR) is 169 cm³/mol. The highest BCUT2D eigenvalue weighted by atomic mass is 16.5. The molecule has 0 aliphatic heterocycles. The number of para-hydroxylation sites is 2. The fraction of sp³-hybridized carbons (Fsp3) is 0. The molecule has 41 heavy (non-hydrogen) atoms. The minimum absolute atomic E-state index is 0.559. The monoisotopic (exact) mass is 525 g/mol. The summed E-state index contributed by atoms with van der Waals surface area (Å²) < 4.78 is 15.0. The van der Waals surface area contributed by atoms with E-state index in [1.54, 1.807) is 0 Å². The Morgan fingerprint density at radius 1 is 0.463 bits per heavy atom. The lowest BCUT2D eigenvalue weighted by Crippen LogP contribution is -1.95. The van der Waals surface area contributed by atoms with Gasteiger partial charge < -0.3 is 8.83 Å². The summed E-state index contributed by atoms with van der Waals surface area (Å²) in [6.45, 7) is 0. The molecule has 9 rings (SSSR count). The van der Waals surface area contributed by atoms with Crippen molar-refractivity contribution in [3.8, 4) is 27.9 Å². The summed E-state index contributed by atoms with van der Waals surface area (Å²) in [5, 5.41) is 6.78. The van der Waals surface area contributed by atoms with E-state index in [4.69, 9.17) is 8.83 Å². The van der Waals surface area contributed by atoms with Crippen molar-refractivity contribution >= 4 is 54.9 Å². The van der Waals surface area contributed by atoms with Gasteiger partial charge in [0.1, 0.15) is 5.58 Å². The molecule has 6 aromatic carbocycles. The van der Waals surface area contributed by atoms with Crippen LogP contribution in [0.15, 0.2) is 148 Å². The molecule has 0 spiro atoms. The Labute approximate surface area is 235 Å². The number of rotatable bonds is 3. The van der Waals surface area contributed by atoms with Gasteiger partial charge in [-0.2, -0.15) is 0 Å². The van der Waals surface area contributed by atoms with Crippen molar-refractivity contribution in [2.75, 3.05) is 0 Å². The minimum atomic E-state index is 0.559. The maximum Gasteiger partial charge on any atom is 0.300 e. The molecule has 3 aromatic heterocycles. The van der Waals surface area contributed by atoms with Gasteiger partial charge in [-0.05, 0) is 63.4 Å². The van der Waals surface area contributed by atoms with Crippen LogP contribution in [-0.4, -0.2) is 4.57 Å². The van der Waals surface area contributed by atoms with E-state index in [9.17, 15) is 0 Å². The van der Waals surface area contributed by atoms with E-state index in [1.165, 1.54) is 21.9 Å². The molecule has 0 N–H and O–H groups in total. The Bertz CT molecular complexity index is 2420. The number of aromatic nitrogens is 1. The molecule has 0 saturated heterocycles. The van der Waals surface area contributed by atoms with Gasteiger partial charge >= 0.3 is 5.78 Å². The molecule has 0 unspecified atom stereocenters. The fourth-order valence-electron chi connectivity index (χ4n) is 6.40. The average Bonchev–Trinajstić information content (AvgIpc) is 3.67. The van der Waals surface area contributed by atoms with E-state index < -0.39 is 0 Å². The van der Waals surface area contributed by atoms with Crippen molar-refractivity contribution in [1.29, 1.82) is 0 Å². The second-order valence-corrected chi connectivity index (χ2v) is 10.6. The van der Waals surface area contributed by atoms with E-state index in [-0.39, 0.29) is 0 Å². The SMILES string of the molecule is c1ccc(-c2cc(-c3cccc4ccccc34)cc(-n3c4ccccc4c4c5c(oc6ccccc65)oc43)c2)cc1. The van der Waals surface area contributed by atoms with Crippen LogP contribution in [0.4, 0.5) is 0 Å². The molecular formula is C38H23NO2. The highest BCUT2D eigenvalue weighted by molar-refractivity contribution is 6.26. The average molecular weight is 526 g/mol. The van der Waals surface area contributed by atoms with Crippen molar-refractivity contribution in [1.82, 2.24) is 4.57 Å². The van der Waals surface area contributed by atoms with E-state index in [0.717, 1.165) is 55.2 Å². The summed E-state index contributed by atoms with van der Waals surface area (Å²) in [4.78, 5) is 0. The van der Waals surface area contributed by atoms with E-state index in [2.05, 4.69) is 132 Å². The van der Waals surface area contributed by atoms with Crippen molar-refractivity contribution < 1.29 is 8.83 Å². The highest BCUT2D eigenvalue weighted by Crippen LogP contribution is 2.44. The molecule has 0 aliphatic rings. The lowest BCUT2D eigenvalue weighted by atomic mass is 9.94. The molecule has 0 fully saturated rings. The predicted octanol–water partition coefficient (Wildman–Crippen LogP) is 10.8. The van der Waals surface area contributed by atoms with Crippen LogP contribution in [-0.2, 0) is 0 Å². The molecular weight excluding hydrogens is 502 g/mol. The van der Waals surface area contributed by atoms with Gasteiger partial charge in [0, 0.05) is 10.8 Å². The molecule has 0 amide bonds. The standard InChI is InChI=1S/C38H23NO2/c1-2-11-24(12-3-1)26-21-27(30-18-10-14-25-13-4-5-15-29(25)30)23-28(22-26)39-33-19-8-6-16-31(33)35-36-32-17-7-9-20-34(32)40-38(36)41-37(35)39/h1-23H. The van der Waals surface area contributed by atoms with E-state index >= 15 is 0 Å². The third kappa shape index (κ3) is 3.26. The van der Waals surface area contributed by atoms with Crippen LogP contribution < -0.4 is 0 Å². The van der Waals surface area contributed by atoms with Crippen molar-refractivity contribution in [2.24, 2.45) is 0 Å². The zero-order valence-electron chi connectivity index (χ0n) is 22.0. The van der Waals surface area contributed by atoms with Gasteiger partial charge in [0.05, 0.1) is 22.0 Å². The Kier molecular flexibility index (Phi) is 4.61. The minimum Gasteiger partial charge on any atom is -0.425 e. The zero-order valence-corrected chi connectivity index (χ0v) is 22.0. The summed E-state index contributed by atoms with van der Waals surface area (Å²) >= 11 is 0. The molecule has 192 valence electrons. The highest BCUT2D eigenvalue weighted by Gasteiger charge is 2.24. The van der Waals surface area contributed by atoms with Crippen molar-refractivity contribution in [3.63, 3.8) is 0 Å². The lowest BCUT2D eigenvalue weighted by Gasteiger charge is -2.14. The molecule has 0 saturated carbocycles. The lowest BCUT2D eigenvalue weighted by molar-refractivity contribution is 0.516. The number of furan rings is 2. The second-order valence-electron chi connectivity index (χ2n) is 10.6. The summed E-state index contributed by atoms with van der Waals surface area (Å²) in [7, 11) is 0.